The topological polar surface area (TPSA) is 60.6 Å². The molecule has 0 fully saturated rings. The highest BCUT2D eigenvalue weighted by molar-refractivity contribution is 7.71. The van der Waals surface area contributed by atoms with Gasteiger partial charge >= 0.3 is 6.18 Å². The minimum Gasteiger partial charge on any atom is -0.232 e. The molecule has 2 aromatic rings. The van der Waals surface area contributed by atoms with Gasteiger partial charge in [0.15, 0.2) is 5.70 Å². The van der Waals surface area contributed by atoms with Gasteiger partial charge in [-0.2, -0.15) is 13.2 Å². The van der Waals surface area contributed by atoms with Crippen LogP contribution in [0.15, 0.2) is 59.3 Å². The van der Waals surface area contributed by atoms with Crippen molar-refractivity contribution in [1.82, 2.24) is 5.43 Å². The number of allylic oxidation sites excluding steroid dienone is 2. The Labute approximate surface area is 147 Å². The predicted molar refractivity (Wildman–Crippen MR) is 88.5 cm³/mol. The van der Waals surface area contributed by atoms with E-state index in [2.05, 4.69) is 10.5 Å². The van der Waals surface area contributed by atoms with Gasteiger partial charge < -0.3 is 0 Å². The van der Waals surface area contributed by atoms with E-state index in [1.807, 2.05) is 0 Å². The lowest BCUT2D eigenvalue weighted by Crippen LogP contribution is -2.18. The van der Waals surface area contributed by atoms with Crippen LogP contribution >= 0.6 is 0 Å². The molecule has 9 heteroatoms. The van der Waals surface area contributed by atoms with Crippen LogP contribution in [0.5, 0.6) is 0 Å². The van der Waals surface area contributed by atoms with E-state index in [9.17, 15) is 26.0 Å². The van der Waals surface area contributed by atoms with Gasteiger partial charge in [-0.25, -0.2) is 12.8 Å². The Bertz CT molecular complexity index is 952. The molecule has 2 aromatic carbocycles. The maximum Gasteiger partial charge on any atom is 0.435 e. The fourth-order valence-corrected chi connectivity index (χ4v) is 3.03. The molecule has 0 N–H and O–H groups in total. The molecule has 0 amide bonds. The van der Waals surface area contributed by atoms with E-state index in [1.165, 1.54) is 36.4 Å². The molecule has 0 bridgehead atoms. The Kier molecular flexibility index (Phi) is 4.82. The van der Waals surface area contributed by atoms with Crippen molar-refractivity contribution in [2.45, 2.75) is 11.9 Å². The number of hydrogen-bond donors (Lipinski definition) is 1. The maximum absolute atomic E-state index is 13.3. The van der Waals surface area contributed by atoms with Gasteiger partial charge in [-0.3, -0.25) is 0 Å². The molecule has 0 aromatic heterocycles. The number of hydrogen-bond acceptors (Lipinski definition) is 3. The smallest absolute Gasteiger partial charge is 0.232 e. The molecule has 0 atom stereocenters. The zero-order chi connectivity index (χ0) is 18.9. The number of alkyl halides is 3. The predicted octanol–water partition coefficient (Wildman–Crippen LogP) is 3.23. The highest BCUT2D eigenvalue weighted by atomic mass is 32.2. The van der Waals surface area contributed by atoms with Gasteiger partial charge in [-0.15, -0.1) is 10.5 Å². The maximum atomic E-state index is 13.3. The summed E-state index contributed by atoms with van der Waals surface area (Å²) in [7, 11) is -2.61. The van der Waals surface area contributed by atoms with Crippen LogP contribution in [0, 0.1) is 5.82 Å². The Morgan fingerprint density at radius 2 is 1.46 bits per heavy atom. The molecule has 135 valence electrons. The number of rotatable bonds is 4. The summed E-state index contributed by atoms with van der Waals surface area (Å²) in [6.07, 6.45) is -4.73. The monoisotopic (exact) mass is 383 g/mol. The zero-order valence-corrected chi connectivity index (χ0v) is 13.9. The lowest BCUT2D eigenvalue weighted by Gasteiger charge is -2.11. The van der Waals surface area contributed by atoms with Gasteiger partial charge in [-0.1, -0.05) is 36.4 Å². The highest BCUT2D eigenvalue weighted by Gasteiger charge is 2.42. The molecule has 0 saturated heterocycles. The molecule has 0 saturated carbocycles. The summed E-state index contributed by atoms with van der Waals surface area (Å²) in [4.78, 5) is 0. The number of thiol groups is 1. The lowest BCUT2D eigenvalue weighted by molar-refractivity contribution is -0.0958. The van der Waals surface area contributed by atoms with Crippen molar-refractivity contribution in [2.24, 2.45) is 5.10 Å². The van der Waals surface area contributed by atoms with E-state index < -0.39 is 28.4 Å². The van der Waals surface area contributed by atoms with E-state index >= 15 is 0 Å². The molecule has 4 nitrogen and oxygen atoms in total. The SMILES string of the molecule is O=[SH](=O)Cc1ccc(C2=N[N]C(C(F)(F)F)=C2c2ccc(F)cc2)cc1. The molecule has 0 spiro atoms. The van der Waals surface area contributed by atoms with Crippen molar-refractivity contribution in [3.8, 4) is 0 Å². The van der Waals surface area contributed by atoms with Crippen molar-refractivity contribution in [2.75, 3.05) is 0 Å². The van der Waals surface area contributed by atoms with Crippen LogP contribution in [0.4, 0.5) is 17.6 Å². The average molecular weight is 383 g/mol. The first-order valence-electron chi connectivity index (χ1n) is 7.33. The van der Waals surface area contributed by atoms with Gasteiger partial charge in [0.1, 0.15) is 22.2 Å². The molecule has 1 aliphatic rings. The minimum atomic E-state index is -4.73. The summed E-state index contributed by atoms with van der Waals surface area (Å²) in [5, 5.41) is 3.66. The highest BCUT2D eigenvalue weighted by Crippen LogP contribution is 2.37. The first kappa shape index (κ1) is 18.1. The molecule has 0 unspecified atom stereocenters. The Balaban J connectivity index is 2.06. The first-order valence-corrected chi connectivity index (χ1v) is 8.69. The summed E-state index contributed by atoms with van der Waals surface area (Å²) >= 11 is 0. The minimum absolute atomic E-state index is 0.0120. The van der Waals surface area contributed by atoms with E-state index in [0.717, 1.165) is 12.1 Å². The standard InChI is InChI=1S/C17H11F4N2O2S/c18-13-7-5-11(6-8-13)14-15(22-23-16(14)17(19,20)21)12-3-1-10(2-4-12)9-26(24)25/h1-8,26H,9H2. The van der Waals surface area contributed by atoms with E-state index in [4.69, 9.17) is 0 Å². The summed E-state index contributed by atoms with van der Waals surface area (Å²) in [6, 6.07) is 10.5. The van der Waals surface area contributed by atoms with Crippen LogP contribution < -0.4 is 5.43 Å². The summed E-state index contributed by atoms with van der Waals surface area (Å²) in [5.74, 6) is -0.742. The Morgan fingerprint density at radius 1 is 0.885 bits per heavy atom. The quantitative estimate of drug-likeness (QED) is 0.651. The van der Waals surface area contributed by atoms with Crippen LogP contribution in [0.2, 0.25) is 0 Å². The number of halogens is 4. The molecular formula is C17H11F4N2O2S. The fraction of sp³-hybridized carbons (Fsp3) is 0.118. The van der Waals surface area contributed by atoms with E-state index in [-0.39, 0.29) is 22.6 Å². The number of nitrogens with zero attached hydrogens (tertiary/aromatic N) is 2. The lowest BCUT2D eigenvalue weighted by atomic mass is 9.94. The second-order valence-corrected chi connectivity index (χ2v) is 6.45. The van der Waals surface area contributed by atoms with Crippen LogP contribution in [0.25, 0.3) is 5.57 Å². The normalized spacial score (nSPS) is 14.6. The molecule has 3 rings (SSSR count). The molecular weight excluding hydrogens is 372 g/mol. The molecule has 1 aliphatic heterocycles. The third kappa shape index (κ3) is 3.77. The van der Waals surface area contributed by atoms with Crippen molar-refractivity contribution in [3.63, 3.8) is 0 Å². The second kappa shape index (κ2) is 6.91. The first-order chi connectivity index (χ1) is 12.3. The van der Waals surface area contributed by atoms with Gasteiger partial charge in [0.05, 0.1) is 5.75 Å². The van der Waals surface area contributed by atoms with Crippen molar-refractivity contribution in [3.05, 3.63) is 76.7 Å². The van der Waals surface area contributed by atoms with Gasteiger partial charge in [0.25, 0.3) is 0 Å². The van der Waals surface area contributed by atoms with Crippen LogP contribution in [-0.4, -0.2) is 20.3 Å². The second-order valence-electron chi connectivity index (χ2n) is 5.46. The van der Waals surface area contributed by atoms with Gasteiger partial charge in [0.2, 0.25) is 0 Å². The molecule has 26 heavy (non-hydrogen) atoms. The third-order valence-corrected chi connectivity index (χ3v) is 4.29. The van der Waals surface area contributed by atoms with E-state index in [0.29, 0.717) is 11.1 Å². The van der Waals surface area contributed by atoms with Crippen LogP contribution in [0.1, 0.15) is 16.7 Å². The fourth-order valence-electron chi connectivity index (χ4n) is 2.52. The molecule has 1 heterocycles. The summed E-state index contributed by atoms with van der Waals surface area (Å²) in [6.45, 7) is 0. The van der Waals surface area contributed by atoms with Crippen LogP contribution in [0.3, 0.4) is 0 Å². The molecule has 0 aliphatic carbocycles. The molecule has 1 radical (unpaired) electrons. The Hall–Kier alpha value is -2.68. The summed E-state index contributed by atoms with van der Waals surface area (Å²) in [5.41, 5.74) is 2.82. The summed E-state index contributed by atoms with van der Waals surface area (Å²) < 4.78 is 74.6. The Morgan fingerprint density at radius 3 is 2.00 bits per heavy atom. The number of benzene rings is 2. The van der Waals surface area contributed by atoms with Crippen molar-refractivity contribution >= 4 is 22.0 Å². The van der Waals surface area contributed by atoms with Crippen molar-refractivity contribution in [1.29, 1.82) is 0 Å². The average Bonchev–Trinajstić information content (AvgIpc) is 3.01. The van der Waals surface area contributed by atoms with Crippen molar-refractivity contribution < 1.29 is 26.0 Å². The van der Waals surface area contributed by atoms with E-state index in [1.54, 1.807) is 0 Å². The van der Waals surface area contributed by atoms with Gasteiger partial charge in [0, 0.05) is 11.1 Å². The largest absolute Gasteiger partial charge is 0.435 e. The van der Waals surface area contributed by atoms with Gasteiger partial charge in [-0.05, 0) is 23.3 Å². The third-order valence-electron chi connectivity index (χ3n) is 3.66. The zero-order valence-electron chi connectivity index (χ0n) is 13.0. The van der Waals surface area contributed by atoms with Crippen LogP contribution in [-0.2, 0) is 16.5 Å².